The largest absolute Gasteiger partial charge is 0.482 e. The number of amides is 1. The predicted molar refractivity (Wildman–Crippen MR) is 82.4 cm³/mol. The lowest BCUT2D eigenvalue weighted by Crippen LogP contribution is -2.38. The molecule has 1 aliphatic heterocycles. The van der Waals surface area contributed by atoms with Crippen molar-refractivity contribution < 1.29 is 14.6 Å². The molecular formula is C16H24N2O3. The second kappa shape index (κ2) is 6.45. The van der Waals surface area contributed by atoms with Gasteiger partial charge in [-0.15, -0.1) is 0 Å². The van der Waals surface area contributed by atoms with E-state index in [1.54, 1.807) is 0 Å². The van der Waals surface area contributed by atoms with Gasteiger partial charge in [-0.05, 0) is 37.0 Å². The van der Waals surface area contributed by atoms with Crippen LogP contribution in [0.3, 0.4) is 0 Å². The molecule has 116 valence electrons. The second-order valence-corrected chi connectivity index (χ2v) is 6.37. The highest BCUT2D eigenvalue weighted by Crippen LogP contribution is 2.28. The molecule has 21 heavy (non-hydrogen) atoms. The maximum atomic E-state index is 11.3. The zero-order chi connectivity index (χ0) is 15.5. The Balaban J connectivity index is 1.89. The van der Waals surface area contributed by atoms with Gasteiger partial charge in [-0.3, -0.25) is 4.79 Å². The number of carbonyl (C=O) groups is 1. The van der Waals surface area contributed by atoms with Crippen LogP contribution < -0.4 is 15.4 Å². The normalized spacial score (nSPS) is 16.9. The van der Waals surface area contributed by atoms with Crippen LogP contribution >= 0.6 is 0 Å². The van der Waals surface area contributed by atoms with Crippen molar-refractivity contribution in [2.45, 2.75) is 39.3 Å². The molecule has 0 fully saturated rings. The Kier molecular flexibility index (Phi) is 4.85. The van der Waals surface area contributed by atoms with Gasteiger partial charge in [0, 0.05) is 13.1 Å². The van der Waals surface area contributed by atoms with E-state index in [9.17, 15) is 9.90 Å². The Hall–Kier alpha value is -1.59. The number of ether oxygens (including phenoxy) is 1. The van der Waals surface area contributed by atoms with Crippen molar-refractivity contribution in [2.24, 2.45) is 5.92 Å². The summed E-state index contributed by atoms with van der Waals surface area (Å²) in [5.74, 6) is 1.02. The molecule has 1 unspecified atom stereocenters. The van der Waals surface area contributed by atoms with E-state index in [0.29, 0.717) is 30.4 Å². The molecular weight excluding hydrogens is 268 g/mol. The average Bonchev–Trinajstić information content (AvgIpc) is 2.36. The molecule has 3 N–H and O–H groups in total. The van der Waals surface area contributed by atoms with Crippen molar-refractivity contribution in [3.8, 4) is 5.75 Å². The summed E-state index contributed by atoms with van der Waals surface area (Å²) >= 11 is 0. The fourth-order valence-electron chi connectivity index (χ4n) is 2.67. The lowest BCUT2D eigenvalue weighted by molar-refractivity contribution is -0.118. The smallest absolute Gasteiger partial charge is 0.262 e. The van der Waals surface area contributed by atoms with E-state index in [4.69, 9.17) is 4.74 Å². The van der Waals surface area contributed by atoms with Gasteiger partial charge in [-0.25, -0.2) is 0 Å². The average molecular weight is 292 g/mol. The fraction of sp³-hybridized carbons (Fsp3) is 0.562. The van der Waals surface area contributed by atoms with Crippen LogP contribution in [0.5, 0.6) is 5.75 Å². The maximum Gasteiger partial charge on any atom is 0.262 e. The Morgan fingerprint density at radius 2 is 2.24 bits per heavy atom. The van der Waals surface area contributed by atoms with E-state index in [1.807, 2.05) is 25.1 Å². The number of carbonyl (C=O) groups excluding carboxylic acids is 1. The number of hydrogen-bond acceptors (Lipinski definition) is 4. The first-order valence-electron chi connectivity index (χ1n) is 7.34. The number of anilines is 1. The van der Waals surface area contributed by atoms with Gasteiger partial charge in [-0.1, -0.05) is 19.9 Å². The predicted octanol–water partition coefficient (Wildman–Crippen LogP) is 1.90. The minimum atomic E-state index is -0.709. The number of aliphatic hydroxyl groups is 1. The van der Waals surface area contributed by atoms with Crippen molar-refractivity contribution in [3.05, 3.63) is 23.8 Å². The summed E-state index contributed by atoms with van der Waals surface area (Å²) in [5, 5.41) is 16.3. The fourth-order valence-corrected chi connectivity index (χ4v) is 2.67. The van der Waals surface area contributed by atoms with Gasteiger partial charge in [0.05, 0.1) is 11.3 Å². The SMILES string of the molecule is CC(C)CC(C)(O)CNCc1ccc2c(c1)NC(=O)CO2. The molecule has 0 aliphatic carbocycles. The van der Waals surface area contributed by atoms with Crippen LogP contribution in [-0.2, 0) is 11.3 Å². The molecule has 1 amide bonds. The van der Waals surface area contributed by atoms with Gasteiger partial charge in [-0.2, -0.15) is 0 Å². The highest BCUT2D eigenvalue weighted by atomic mass is 16.5. The first kappa shape index (κ1) is 15.8. The third kappa shape index (κ3) is 4.72. The topological polar surface area (TPSA) is 70.6 Å². The number of fused-ring (bicyclic) bond motifs is 1. The zero-order valence-corrected chi connectivity index (χ0v) is 12.9. The van der Waals surface area contributed by atoms with Crippen molar-refractivity contribution in [1.82, 2.24) is 5.32 Å². The molecule has 0 radical (unpaired) electrons. The molecule has 1 atom stereocenters. The van der Waals surface area contributed by atoms with Gasteiger partial charge < -0.3 is 20.5 Å². The van der Waals surface area contributed by atoms with Gasteiger partial charge in [0.25, 0.3) is 5.91 Å². The summed E-state index contributed by atoms with van der Waals surface area (Å²) in [6, 6.07) is 5.72. The zero-order valence-electron chi connectivity index (χ0n) is 12.9. The number of benzene rings is 1. The monoisotopic (exact) mass is 292 g/mol. The van der Waals surface area contributed by atoms with Crippen LogP contribution in [0.15, 0.2) is 18.2 Å². The summed E-state index contributed by atoms with van der Waals surface area (Å²) in [4.78, 5) is 11.3. The van der Waals surface area contributed by atoms with Gasteiger partial charge in [0.1, 0.15) is 5.75 Å². The molecule has 0 saturated heterocycles. The molecule has 1 aliphatic rings. The lowest BCUT2D eigenvalue weighted by Gasteiger charge is -2.26. The van der Waals surface area contributed by atoms with E-state index in [2.05, 4.69) is 24.5 Å². The van der Waals surface area contributed by atoms with Crippen LogP contribution in [0.1, 0.15) is 32.8 Å². The van der Waals surface area contributed by atoms with Crippen molar-refractivity contribution in [1.29, 1.82) is 0 Å². The van der Waals surface area contributed by atoms with E-state index < -0.39 is 5.60 Å². The van der Waals surface area contributed by atoms with Crippen molar-refractivity contribution >= 4 is 11.6 Å². The third-order valence-electron chi connectivity index (χ3n) is 3.36. The third-order valence-corrected chi connectivity index (χ3v) is 3.36. The Morgan fingerprint density at radius 1 is 1.48 bits per heavy atom. The molecule has 5 nitrogen and oxygen atoms in total. The van der Waals surface area contributed by atoms with Crippen LogP contribution in [0.2, 0.25) is 0 Å². The van der Waals surface area contributed by atoms with Crippen molar-refractivity contribution in [2.75, 3.05) is 18.5 Å². The first-order chi connectivity index (χ1) is 9.85. The summed E-state index contributed by atoms with van der Waals surface area (Å²) < 4.78 is 5.32. The van der Waals surface area contributed by atoms with Crippen molar-refractivity contribution in [3.63, 3.8) is 0 Å². The molecule has 0 spiro atoms. The summed E-state index contributed by atoms with van der Waals surface area (Å²) in [6.45, 7) is 7.29. The van der Waals surface area contributed by atoms with E-state index in [-0.39, 0.29) is 12.5 Å². The Bertz CT molecular complexity index is 512. The van der Waals surface area contributed by atoms with E-state index in [1.165, 1.54) is 0 Å². The summed E-state index contributed by atoms with van der Waals surface area (Å²) in [7, 11) is 0. The molecule has 5 heteroatoms. The van der Waals surface area contributed by atoms with Crippen LogP contribution in [0.25, 0.3) is 0 Å². The molecule has 2 rings (SSSR count). The highest BCUT2D eigenvalue weighted by molar-refractivity contribution is 5.95. The quantitative estimate of drug-likeness (QED) is 0.749. The molecule has 0 bridgehead atoms. The van der Waals surface area contributed by atoms with E-state index >= 15 is 0 Å². The molecule has 1 aromatic carbocycles. The van der Waals surface area contributed by atoms with Gasteiger partial charge in [0.15, 0.2) is 6.61 Å². The standard InChI is InChI=1S/C16H24N2O3/c1-11(2)7-16(3,20)10-17-8-12-4-5-14-13(6-12)18-15(19)9-21-14/h4-6,11,17,20H,7-10H2,1-3H3,(H,18,19). The molecule has 0 aromatic heterocycles. The van der Waals surface area contributed by atoms with Gasteiger partial charge >= 0.3 is 0 Å². The molecule has 0 saturated carbocycles. The second-order valence-electron chi connectivity index (χ2n) is 6.37. The number of hydrogen-bond donors (Lipinski definition) is 3. The minimum absolute atomic E-state index is 0.0721. The minimum Gasteiger partial charge on any atom is -0.482 e. The summed E-state index contributed by atoms with van der Waals surface area (Å²) in [5.41, 5.74) is 1.04. The van der Waals surface area contributed by atoms with Crippen LogP contribution in [0, 0.1) is 5.92 Å². The number of rotatable bonds is 6. The summed E-state index contributed by atoms with van der Waals surface area (Å²) in [6.07, 6.45) is 0.758. The van der Waals surface area contributed by atoms with Crippen LogP contribution in [0.4, 0.5) is 5.69 Å². The Morgan fingerprint density at radius 3 is 2.95 bits per heavy atom. The van der Waals surface area contributed by atoms with Gasteiger partial charge in [0.2, 0.25) is 0 Å². The maximum absolute atomic E-state index is 11.3. The van der Waals surface area contributed by atoms with Crippen LogP contribution in [-0.4, -0.2) is 29.8 Å². The lowest BCUT2D eigenvalue weighted by atomic mass is 9.94. The first-order valence-corrected chi connectivity index (χ1v) is 7.34. The molecule has 1 aromatic rings. The van der Waals surface area contributed by atoms with E-state index in [0.717, 1.165) is 12.0 Å². The number of nitrogens with one attached hydrogen (secondary N) is 2. The Labute approximate surface area is 125 Å². The molecule has 1 heterocycles. The highest BCUT2D eigenvalue weighted by Gasteiger charge is 2.21.